The summed E-state index contributed by atoms with van der Waals surface area (Å²) in [6.45, 7) is 5.04. The first-order chi connectivity index (χ1) is 12.6. The summed E-state index contributed by atoms with van der Waals surface area (Å²) >= 11 is 0. The summed E-state index contributed by atoms with van der Waals surface area (Å²) in [5, 5.41) is 0. The highest BCUT2D eigenvalue weighted by Crippen LogP contribution is 2.60. The van der Waals surface area contributed by atoms with Crippen LogP contribution in [0.4, 0.5) is 0 Å². The van der Waals surface area contributed by atoms with Gasteiger partial charge in [-0.2, -0.15) is 0 Å². The van der Waals surface area contributed by atoms with E-state index in [1.807, 2.05) is 32.0 Å². The highest BCUT2D eigenvalue weighted by molar-refractivity contribution is 7.54. The molecule has 1 aliphatic heterocycles. The predicted molar refractivity (Wildman–Crippen MR) is 102 cm³/mol. The lowest BCUT2D eigenvalue weighted by Gasteiger charge is -2.34. The zero-order valence-corrected chi connectivity index (χ0v) is 16.7. The minimum atomic E-state index is -3.30. The summed E-state index contributed by atoms with van der Waals surface area (Å²) in [6, 6.07) is 10.3. The van der Waals surface area contributed by atoms with Gasteiger partial charge >= 0.3 is 7.60 Å². The molecule has 1 saturated heterocycles. The van der Waals surface area contributed by atoms with Crippen molar-refractivity contribution in [1.82, 2.24) is 4.90 Å². The molecule has 0 unspecified atom stereocenters. The first-order valence-corrected chi connectivity index (χ1v) is 11.4. The molecule has 5 nitrogen and oxygen atoms in total. The lowest BCUT2D eigenvalue weighted by Crippen LogP contribution is -2.38. The molecule has 6 heteroatoms. The molecule has 3 rings (SSSR count). The number of rotatable bonds is 7. The number of hydrogen-bond acceptors (Lipinski definition) is 5. The van der Waals surface area contributed by atoms with Crippen LogP contribution in [0.25, 0.3) is 0 Å². The monoisotopic (exact) mass is 379 g/mol. The first-order valence-electron chi connectivity index (χ1n) is 9.80. The van der Waals surface area contributed by atoms with E-state index in [0.29, 0.717) is 38.4 Å². The van der Waals surface area contributed by atoms with Gasteiger partial charge in [0, 0.05) is 24.9 Å². The van der Waals surface area contributed by atoms with Crippen LogP contribution >= 0.6 is 7.60 Å². The Morgan fingerprint density at radius 3 is 2.46 bits per heavy atom. The van der Waals surface area contributed by atoms with Gasteiger partial charge in [-0.3, -0.25) is 14.3 Å². The number of nitrogens with zero attached hydrogens (tertiary/aromatic N) is 1. The molecular formula is C20H30NO4P. The van der Waals surface area contributed by atoms with E-state index in [-0.39, 0.29) is 17.7 Å². The fraction of sp³-hybridized carbons (Fsp3) is 0.650. The molecule has 0 aromatic heterocycles. The Bertz CT molecular complexity index is 640. The van der Waals surface area contributed by atoms with E-state index < -0.39 is 7.60 Å². The standard InChI is InChI=1S/C20H30NO4P/c1-3-24-26(23,25-4-2)20-14-17-18(12-8-9-13-19(17)22)21(20)15-16-10-6-5-7-11-16/h5-7,10-11,17-18,20H,3-4,8-9,12-15H2,1-2H3/t17-,18-,20-/m1/s1. The van der Waals surface area contributed by atoms with Crippen molar-refractivity contribution in [2.24, 2.45) is 5.92 Å². The van der Waals surface area contributed by atoms with Gasteiger partial charge in [0.2, 0.25) is 0 Å². The lowest BCUT2D eigenvalue weighted by molar-refractivity contribution is -0.123. The highest BCUT2D eigenvalue weighted by atomic mass is 31.2. The number of carbonyl (C=O) groups is 1. The van der Waals surface area contributed by atoms with Crippen molar-refractivity contribution in [2.75, 3.05) is 13.2 Å². The second kappa shape index (κ2) is 8.79. The number of fused-ring (bicyclic) bond motifs is 1. The van der Waals surface area contributed by atoms with E-state index in [1.165, 1.54) is 0 Å². The Morgan fingerprint density at radius 1 is 1.12 bits per heavy atom. The molecule has 2 fully saturated rings. The maximum absolute atomic E-state index is 13.6. The Kier molecular flexibility index (Phi) is 6.68. The smallest absolute Gasteiger partial charge is 0.308 e. The Morgan fingerprint density at radius 2 is 1.81 bits per heavy atom. The van der Waals surface area contributed by atoms with Gasteiger partial charge in [-0.1, -0.05) is 36.8 Å². The van der Waals surface area contributed by atoms with E-state index in [4.69, 9.17) is 9.05 Å². The Balaban J connectivity index is 1.94. The fourth-order valence-corrected chi connectivity index (χ4v) is 6.66. The second-order valence-electron chi connectivity index (χ2n) is 7.14. The van der Waals surface area contributed by atoms with Gasteiger partial charge < -0.3 is 9.05 Å². The molecule has 0 spiro atoms. The van der Waals surface area contributed by atoms with Gasteiger partial charge in [0.05, 0.1) is 13.2 Å². The van der Waals surface area contributed by atoms with Crippen molar-refractivity contribution < 1.29 is 18.4 Å². The van der Waals surface area contributed by atoms with Crippen LogP contribution in [0.5, 0.6) is 0 Å². The average molecular weight is 379 g/mol. The molecular weight excluding hydrogens is 349 g/mol. The zero-order valence-electron chi connectivity index (χ0n) is 15.8. The summed E-state index contributed by atoms with van der Waals surface area (Å²) in [5.41, 5.74) is 1.16. The van der Waals surface area contributed by atoms with Crippen LogP contribution in [0.2, 0.25) is 0 Å². The molecule has 3 atom stereocenters. The number of hydrogen-bond donors (Lipinski definition) is 0. The third kappa shape index (κ3) is 4.12. The van der Waals surface area contributed by atoms with Crippen LogP contribution in [0.1, 0.15) is 51.5 Å². The van der Waals surface area contributed by atoms with E-state index in [9.17, 15) is 9.36 Å². The number of benzene rings is 1. The van der Waals surface area contributed by atoms with Crippen molar-refractivity contribution in [3.05, 3.63) is 35.9 Å². The van der Waals surface area contributed by atoms with Crippen molar-refractivity contribution >= 4 is 13.4 Å². The van der Waals surface area contributed by atoms with E-state index in [1.54, 1.807) is 0 Å². The fourth-order valence-electron chi connectivity index (χ4n) is 4.42. The molecule has 144 valence electrons. The van der Waals surface area contributed by atoms with Crippen LogP contribution in [-0.2, 0) is 25.0 Å². The van der Waals surface area contributed by atoms with E-state index >= 15 is 0 Å². The Hall–Kier alpha value is -1.00. The molecule has 0 amide bonds. The molecule has 0 N–H and O–H groups in total. The highest BCUT2D eigenvalue weighted by Gasteiger charge is 2.52. The number of likely N-dealkylation sites (tertiary alicyclic amines) is 1. The summed E-state index contributed by atoms with van der Waals surface area (Å²) in [4.78, 5) is 14.9. The zero-order chi connectivity index (χ0) is 18.6. The topological polar surface area (TPSA) is 55.8 Å². The minimum Gasteiger partial charge on any atom is -0.308 e. The third-order valence-electron chi connectivity index (χ3n) is 5.52. The van der Waals surface area contributed by atoms with Crippen LogP contribution in [-0.4, -0.2) is 35.7 Å². The molecule has 0 bridgehead atoms. The summed E-state index contributed by atoms with van der Waals surface area (Å²) in [5.74, 6) is -0.0901. The first kappa shape index (κ1) is 19.8. The summed E-state index contributed by atoms with van der Waals surface area (Å²) in [7, 11) is -3.30. The number of Topliss-reactive ketones (excluding diaryl/α,β-unsaturated/α-hetero) is 1. The van der Waals surface area contributed by atoms with Crippen LogP contribution < -0.4 is 0 Å². The number of ketones is 1. The summed E-state index contributed by atoms with van der Waals surface area (Å²) < 4.78 is 24.9. The molecule has 1 aliphatic carbocycles. The third-order valence-corrected chi connectivity index (χ3v) is 7.99. The normalized spacial score (nSPS) is 27.3. The minimum absolute atomic E-state index is 0.0551. The van der Waals surface area contributed by atoms with Gasteiger partial charge in [0.15, 0.2) is 0 Å². The van der Waals surface area contributed by atoms with Gasteiger partial charge in [-0.25, -0.2) is 0 Å². The molecule has 26 heavy (non-hydrogen) atoms. The van der Waals surface area contributed by atoms with E-state index in [0.717, 1.165) is 24.8 Å². The lowest BCUT2D eigenvalue weighted by atomic mass is 9.94. The largest absolute Gasteiger partial charge is 0.347 e. The van der Waals surface area contributed by atoms with Crippen molar-refractivity contribution in [1.29, 1.82) is 0 Å². The van der Waals surface area contributed by atoms with Gasteiger partial charge in [0.25, 0.3) is 0 Å². The molecule has 0 radical (unpaired) electrons. The van der Waals surface area contributed by atoms with Crippen molar-refractivity contribution in [3.63, 3.8) is 0 Å². The maximum Gasteiger partial charge on any atom is 0.347 e. The Labute approximate surface area is 156 Å². The van der Waals surface area contributed by atoms with Crippen LogP contribution in [0.15, 0.2) is 30.3 Å². The van der Waals surface area contributed by atoms with Gasteiger partial charge in [0.1, 0.15) is 11.6 Å². The predicted octanol–water partition coefficient (Wildman–Crippen LogP) is 4.61. The van der Waals surface area contributed by atoms with Gasteiger partial charge in [-0.15, -0.1) is 0 Å². The van der Waals surface area contributed by atoms with Gasteiger partial charge in [-0.05, 0) is 38.7 Å². The van der Waals surface area contributed by atoms with E-state index in [2.05, 4.69) is 17.0 Å². The average Bonchev–Trinajstić information content (AvgIpc) is 2.88. The molecule has 1 aromatic rings. The molecule has 1 aromatic carbocycles. The molecule has 1 heterocycles. The maximum atomic E-state index is 13.6. The number of carbonyl (C=O) groups excluding carboxylic acids is 1. The quantitative estimate of drug-likeness (QED) is 0.648. The summed E-state index contributed by atoms with van der Waals surface area (Å²) in [6.07, 6.45) is 4.19. The van der Waals surface area contributed by atoms with Crippen molar-refractivity contribution in [2.45, 2.75) is 64.3 Å². The molecule has 2 aliphatic rings. The second-order valence-corrected chi connectivity index (χ2v) is 9.33. The van der Waals surface area contributed by atoms with Crippen LogP contribution in [0, 0.1) is 5.92 Å². The SMILES string of the molecule is CCOP(=O)(OCC)[C@@H]1C[C@H]2C(=O)CCCC[C@H]2N1Cc1ccccc1. The van der Waals surface area contributed by atoms with Crippen molar-refractivity contribution in [3.8, 4) is 0 Å². The van der Waals surface area contributed by atoms with Crippen LogP contribution in [0.3, 0.4) is 0 Å². The molecule has 1 saturated carbocycles.